The van der Waals surface area contributed by atoms with Crippen LogP contribution in [0.3, 0.4) is 0 Å². The quantitative estimate of drug-likeness (QED) is 0.873. The minimum atomic E-state index is -0.467. The van der Waals surface area contributed by atoms with Crippen LogP contribution in [0.4, 0.5) is 5.69 Å². The van der Waals surface area contributed by atoms with Crippen LogP contribution >= 0.6 is 0 Å². The van der Waals surface area contributed by atoms with Gasteiger partial charge in [0, 0.05) is 38.8 Å². The van der Waals surface area contributed by atoms with Crippen molar-refractivity contribution in [2.24, 2.45) is 0 Å². The molecule has 0 atom stereocenters. The Morgan fingerprint density at radius 1 is 1.00 bits per heavy atom. The van der Waals surface area contributed by atoms with E-state index in [0.29, 0.717) is 37.4 Å². The van der Waals surface area contributed by atoms with Crippen molar-refractivity contribution in [1.82, 2.24) is 14.8 Å². The fraction of sp³-hybridized carbons (Fsp3) is 0.250. The van der Waals surface area contributed by atoms with Gasteiger partial charge >= 0.3 is 0 Å². The number of carbonyl (C=O) groups excluding carboxylic acids is 3. The van der Waals surface area contributed by atoms with Gasteiger partial charge in [-0.25, -0.2) is 4.98 Å². The van der Waals surface area contributed by atoms with Gasteiger partial charge in [-0.3, -0.25) is 14.4 Å². The van der Waals surface area contributed by atoms with Gasteiger partial charge in [-0.2, -0.15) is 5.26 Å². The Hall–Kier alpha value is -3.73. The fourth-order valence-corrected chi connectivity index (χ4v) is 2.93. The summed E-state index contributed by atoms with van der Waals surface area (Å²) in [5.74, 6) is -0.750. The van der Waals surface area contributed by atoms with E-state index in [4.69, 9.17) is 5.26 Å². The zero-order chi connectivity index (χ0) is 20.1. The molecule has 1 fully saturated rings. The molecular formula is C20H19N5O3. The Bertz CT molecular complexity index is 958. The minimum absolute atomic E-state index is 0.00985. The molecule has 3 rings (SSSR count). The first-order valence-electron chi connectivity index (χ1n) is 8.81. The number of hydrogen-bond donors (Lipinski definition) is 1. The molecule has 0 bridgehead atoms. The summed E-state index contributed by atoms with van der Waals surface area (Å²) in [6, 6.07) is 13.2. The third-order valence-electron chi connectivity index (χ3n) is 4.46. The molecule has 1 aliphatic rings. The highest BCUT2D eigenvalue weighted by Gasteiger charge is 2.24. The Morgan fingerprint density at radius 2 is 1.64 bits per heavy atom. The van der Waals surface area contributed by atoms with E-state index < -0.39 is 5.91 Å². The van der Waals surface area contributed by atoms with Crippen molar-refractivity contribution < 1.29 is 14.4 Å². The third-order valence-corrected chi connectivity index (χ3v) is 4.46. The molecule has 28 heavy (non-hydrogen) atoms. The predicted molar refractivity (Wildman–Crippen MR) is 102 cm³/mol. The van der Waals surface area contributed by atoms with Crippen molar-refractivity contribution in [3.8, 4) is 6.07 Å². The second-order valence-electron chi connectivity index (χ2n) is 6.35. The number of anilines is 1. The molecule has 1 aliphatic heterocycles. The number of rotatable bonds is 3. The molecule has 0 spiro atoms. The van der Waals surface area contributed by atoms with E-state index in [0.717, 1.165) is 0 Å². The van der Waals surface area contributed by atoms with E-state index in [9.17, 15) is 14.4 Å². The maximum Gasteiger partial charge on any atom is 0.274 e. The number of carbonyl (C=O) groups is 3. The molecule has 1 N–H and O–H groups in total. The Labute approximate surface area is 162 Å². The molecule has 3 amide bonds. The monoisotopic (exact) mass is 377 g/mol. The second kappa shape index (κ2) is 8.31. The number of pyridine rings is 1. The standard InChI is InChI=1S/C20H19N5O3/c1-14(26)24-8-10-25(11-9-24)20(28)18-7-3-6-17(23-18)19(27)22-16-5-2-4-15(12-16)13-21/h2-7,12H,8-11H2,1H3,(H,22,27). The van der Waals surface area contributed by atoms with Gasteiger partial charge in [0.05, 0.1) is 11.6 Å². The first kappa shape index (κ1) is 19.0. The van der Waals surface area contributed by atoms with Crippen molar-refractivity contribution in [1.29, 1.82) is 5.26 Å². The summed E-state index contributed by atoms with van der Waals surface area (Å²) in [4.78, 5) is 44.1. The highest BCUT2D eigenvalue weighted by molar-refractivity contribution is 6.04. The SMILES string of the molecule is CC(=O)N1CCN(C(=O)c2cccc(C(=O)Nc3cccc(C#N)c3)n2)CC1. The number of nitrogens with one attached hydrogen (secondary N) is 1. The normalized spacial score (nSPS) is 13.6. The average molecular weight is 377 g/mol. The lowest BCUT2D eigenvalue weighted by Crippen LogP contribution is -2.50. The average Bonchev–Trinajstić information content (AvgIpc) is 2.73. The number of nitrogens with zero attached hydrogens (tertiary/aromatic N) is 4. The van der Waals surface area contributed by atoms with E-state index in [-0.39, 0.29) is 23.2 Å². The summed E-state index contributed by atoms with van der Waals surface area (Å²) in [6.45, 7) is 3.33. The van der Waals surface area contributed by atoms with Gasteiger partial charge in [-0.15, -0.1) is 0 Å². The largest absolute Gasteiger partial charge is 0.339 e. The molecule has 1 saturated heterocycles. The molecule has 1 aromatic carbocycles. The Morgan fingerprint density at radius 3 is 2.32 bits per heavy atom. The molecule has 0 saturated carbocycles. The van der Waals surface area contributed by atoms with Crippen LogP contribution < -0.4 is 5.32 Å². The number of amides is 3. The second-order valence-corrected chi connectivity index (χ2v) is 6.35. The molecule has 0 aliphatic carbocycles. The lowest BCUT2D eigenvalue weighted by molar-refractivity contribution is -0.130. The third kappa shape index (κ3) is 4.32. The van der Waals surface area contributed by atoms with Crippen LogP contribution in [0.5, 0.6) is 0 Å². The van der Waals surface area contributed by atoms with Crippen molar-refractivity contribution in [2.45, 2.75) is 6.92 Å². The lowest BCUT2D eigenvalue weighted by atomic mass is 10.2. The van der Waals surface area contributed by atoms with E-state index in [1.54, 1.807) is 46.2 Å². The van der Waals surface area contributed by atoms with Gasteiger partial charge in [0.15, 0.2) is 0 Å². The molecule has 8 heteroatoms. The van der Waals surface area contributed by atoms with Crippen molar-refractivity contribution >= 4 is 23.4 Å². The molecule has 2 aromatic rings. The highest BCUT2D eigenvalue weighted by Crippen LogP contribution is 2.12. The molecular weight excluding hydrogens is 358 g/mol. The number of aromatic nitrogens is 1. The van der Waals surface area contributed by atoms with Crippen molar-refractivity contribution in [2.75, 3.05) is 31.5 Å². The van der Waals surface area contributed by atoms with Gasteiger partial charge in [-0.05, 0) is 30.3 Å². The summed E-state index contributed by atoms with van der Waals surface area (Å²) in [7, 11) is 0. The van der Waals surface area contributed by atoms with Gasteiger partial charge in [0.25, 0.3) is 11.8 Å². The summed E-state index contributed by atoms with van der Waals surface area (Å²) in [5.41, 5.74) is 1.19. The smallest absolute Gasteiger partial charge is 0.274 e. The van der Waals surface area contributed by atoms with Crippen LogP contribution in [-0.4, -0.2) is 58.7 Å². The van der Waals surface area contributed by atoms with Crippen molar-refractivity contribution in [3.05, 3.63) is 59.4 Å². The molecule has 1 aromatic heterocycles. The summed E-state index contributed by atoms with van der Waals surface area (Å²) in [6.07, 6.45) is 0. The van der Waals surface area contributed by atoms with Gasteiger partial charge < -0.3 is 15.1 Å². The first-order valence-corrected chi connectivity index (χ1v) is 8.81. The van der Waals surface area contributed by atoms with Crippen molar-refractivity contribution in [3.63, 3.8) is 0 Å². The van der Waals surface area contributed by atoms with E-state index >= 15 is 0 Å². The topological polar surface area (TPSA) is 106 Å². The van der Waals surface area contributed by atoms with Gasteiger partial charge in [0.2, 0.25) is 5.91 Å². The summed E-state index contributed by atoms with van der Waals surface area (Å²) in [5, 5.41) is 11.6. The van der Waals surface area contributed by atoms with Gasteiger partial charge in [0.1, 0.15) is 11.4 Å². The Balaban J connectivity index is 1.69. The maximum absolute atomic E-state index is 12.7. The number of benzene rings is 1. The van der Waals surface area contributed by atoms with Gasteiger partial charge in [-0.1, -0.05) is 12.1 Å². The maximum atomic E-state index is 12.7. The van der Waals surface area contributed by atoms with Crippen LogP contribution in [0.15, 0.2) is 42.5 Å². The van der Waals surface area contributed by atoms with Crippen LogP contribution in [0.1, 0.15) is 33.5 Å². The fourth-order valence-electron chi connectivity index (χ4n) is 2.93. The Kier molecular flexibility index (Phi) is 5.65. The molecule has 8 nitrogen and oxygen atoms in total. The molecule has 0 radical (unpaired) electrons. The molecule has 142 valence electrons. The minimum Gasteiger partial charge on any atom is -0.339 e. The van der Waals surface area contributed by atoms with Crippen LogP contribution in [-0.2, 0) is 4.79 Å². The van der Waals surface area contributed by atoms with Crippen LogP contribution in [0.2, 0.25) is 0 Å². The lowest BCUT2D eigenvalue weighted by Gasteiger charge is -2.34. The van der Waals surface area contributed by atoms with E-state index in [2.05, 4.69) is 10.3 Å². The predicted octanol–water partition coefficient (Wildman–Crippen LogP) is 1.51. The number of nitriles is 1. The zero-order valence-electron chi connectivity index (χ0n) is 15.4. The number of hydrogen-bond acceptors (Lipinski definition) is 5. The van der Waals surface area contributed by atoms with Crippen LogP contribution in [0.25, 0.3) is 0 Å². The molecule has 2 heterocycles. The number of piperazine rings is 1. The van der Waals surface area contributed by atoms with E-state index in [1.807, 2.05) is 6.07 Å². The molecule has 0 unspecified atom stereocenters. The first-order chi connectivity index (χ1) is 13.5. The zero-order valence-corrected chi connectivity index (χ0v) is 15.4. The summed E-state index contributed by atoms with van der Waals surface area (Å²) < 4.78 is 0. The highest BCUT2D eigenvalue weighted by atomic mass is 16.2. The summed E-state index contributed by atoms with van der Waals surface area (Å²) >= 11 is 0. The van der Waals surface area contributed by atoms with E-state index in [1.165, 1.54) is 13.0 Å². The van der Waals surface area contributed by atoms with Crippen LogP contribution in [0, 0.1) is 11.3 Å².